The standard InChI is InChI=1S/C12H18N4O7/c1-5(18)2-13-8-10(15-12(23)16-11(8)22)14-3-6(19)9(21)7(20)4-17/h2,6-7,9,17,19-21H,3-4H2,1H3,(H3,14,15,16,22,23)/t6-,7+,9-/m1/s1. The van der Waals surface area contributed by atoms with Crippen LogP contribution < -0.4 is 16.6 Å². The van der Waals surface area contributed by atoms with Gasteiger partial charge in [-0.25, -0.2) is 9.79 Å². The molecule has 0 unspecified atom stereocenters. The Hall–Kier alpha value is -2.34. The summed E-state index contributed by atoms with van der Waals surface area (Å²) in [6.07, 6.45) is -3.84. The molecule has 1 aromatic rings. The second kappa shape index (κ2) is 8.33. The maximum absolute atomic E-state index is 11.7. The molecule has 0 fully saturated rings. The van der Waals surface area contributed by atoms with Gasteiger partial charge in [-0.05, 0) is 0 Å². The average Bonchev–Trinajstić information content (AvgIpc) is 2.49. The number of aliphatic hydroxyl groups is 4. The smallest absolute Gasteiger partial charge is 0.327 e. The van der Waals surface area contributed by atoms with Gasteiger partial charge >= 0.3 is 5.69 Å². The number of nitrogens with one attached hydrogen (secondary N) is 3. The number of carbonyl (C=O) groups is 1. The number of rotatable bonds is 8. The number of nitrogens with zero attached hydrogens (tertiary/aromatic N) is 1. The molecule has 0 aromatic carbocycles. The second-order valence-corrected chi connectivity index (χ2v) is 4.69. The van der Waals surface area contributed by atoms with Crippen LogP contribution in [0.3, 0.4) is 0 Å². The lowest BCUT2D eigenvalue weighted by molar-refractivity contribution is -0.110. The molecule has 0 spiro atoms. The maximum Gasteiger partial charge on any atom is 0.327 e. The highest BCUT2D eigenvalue weighted by molar-refractivity contribution is 6.26. The van der Waals surface area contributed by atoms with Crippen LogP contribution in [0.2, 0.25) is 0 Å². The lowest BCUT2D eigenvalue weighted by Crippen LogP contribution is -2.43. The zero-order chi connectivity index (χ0) is 17.6. The quantitative estimate of drug-likeness (QED) is 0.243. The molecule has 0 radical (unpaired) electrons. The van der Waals surface area contributed by atoms with Gasteiger partial charge in [0.15, 0.2) is 11.5 Å². The van der Waals surface area contributed by atoms with Crippen LogP contribution >= 0.6 is 0 Å². The van der Waals surface area contributed by atoms with Crippen molar-refractivity contribution in [3.63, 3.8) is 0 Å². The highest BCUT2D eigenvalue weighted by Gasteiger charge is 2.24. The molecule has 7 N–H and O–H groups in total. The zero-order valence-electron chi connectivity index (χ0n) is 12.2. The first-order chi connectivity index (χ1) is 10.8. The molecule has 1 heterocycles. The molecule has 3 atom stereocenters. The summed E-state index contributed by atoms with van der Waals surface area (Å²) in [6.45, 7) is 0.0846. The first-order valence-corrected chi connectivity index (χ1v) is 6.56. The predicted molar refractivity (Wildman–Crippen MR) is 80.1 cm³/mol. The minimum Gasteiger partial charge on any atom is -0.394 e. The van der Waals surface area contributed by atoms with Crippen molar-refractivity contribution in [3.8, 4) is 0 Å². The number of Topliss-reactive ketones (excluding diaryl/α,β-unsaturated/α-hetero) is 1. The molecular formula is C12H18N4O7. The first-order valence-electron chi connectivity index (χ1n) is 6.56. The minimum atomic E-state index is -1.65. The van der Waals surface area contributed by atoms with Crippen molar-refractivity contribution in [1.82, 2.24) is 9.97 Å². The van der Waals surface area contributed by atoms with E-state index in [1.54, 1.807) is 0 Å². The molecule has 128 valence electrons. The molecule has 1 rings (SSSR count). The van der Waals surface area contributed by atoms with Crippen molar-refractivity contribution >= 4 is 23.5 Å². The summed E-state index contributed by atoms with van der Waals surface area (Å²) >= 11 is 0. The predicted octanol–water partition coefficient (Wildman–Crippen LogP) is -3.16. The van der Waals surface area contributed by atoms with Gasteiger partial charge in [-0.15, -0.1) is 0 Å². The molecule has 11 heteroatoms. The van der Waals surface area contributed by atoms with E-state index >= 15 is 0 Å². The monoisotopic (exact) mass is 330 g/mol. The Morgan fingerprint density at radius 1 is 1.26 bits per heavy atom. The maximum atomic E-state index is 11.7. The van der Waals surface area contributed by atoms with Crippen molar-refractivity contribution in [1.29, 1.82) is 0 Å². The molecule has 0 bridgehead atoms. The van der Waals surface area contributed by atoms with Gasteiger partial charge in [0.05, 0.1) is 18.9 Å². The van der Waals surface area contributed by atoms with E-state index in [1.807, 2.05) is 4.98 Å². The van der Waals surface area contributed by atoms with Gasteiger partial charge in [0.1, 0.15) is 18.0 Å². The Bertz CT molecular complexity index is 681. The second-order valence-electron chi connectivity index (χ2n) is 4.69. The van der Waals surface area contributed by atoms with E-state index in [2.05, 4.69) is 15.3 Å². The van der Waals surface area contributed by atoms with Gasteiger partial charge in [-0.2, -0.15) is 0 Å². The molecule has 0 amide bonds. The summed E-state index contributed by atoms with van der Waals surface area (Å²) < 4.78 is 0. The SMILES string of the molecule is CC(=O)C=Nc1c(NC[C@@H](O)[C@@H](O)[C@@H](O)CO)[nH]c(=O)[nH]c1=O. The number of aromatic nitrogens is 2. The van der Waals surface area contributed by atoms with Crippen LogP contribution in [-0.4, -0.2) is 73.9 Å². The van der Waals surface area contributed by atoms with Crippen molar-refractivity contribution in [2.45, 2.75) is 25.2 Å². The Kier molecular flexibility index (Phi) is 6.78. The Balaban J connectivity index is 2.97. The molecule has 1 aromatic heterocycles. The zero-order valence-corrected chi connectivity index (χ0v) is 12.2. The van der Waals surface area contributed by atoms with Crippen LogP contribution in [0, 0.1) is 0 Å². The number of anilines is 1. The number of ketones is 1. The van der Waals surface area contributed by atoms with Crippen LogP contribution in [0.1, 0.15) is 6.92 Å². The van der Waals surface area contributed by atoms with Crippen molar-refractivity contribution in [2.75, 3.05) is 18.5 Å². The first kappa shape index (κ1) is 18.7. The van der Waals surface area contributed by atoms with Crippen molar-refractivity contribution in [3.05, 3.63) is 20.8 Å². The van der Waals surface area contributed by atoms with E-state index in [0.29, 0.717) is 0 Å². The number of carbonyl (C=O) groups excluding carboxylic acids is 1. The molecule has 0 aliphatic carbocycles. The summed E-state index contributed by atoms with van der Waals surface area (Å²) in [4.78, 5) is 41.6. The van der Waals surface area contributed by atoms with Crippen LogP contribution in [0.25, 0.3) is 0 Å². The highest BCUT2D eigenvalue weighted by atomic mass is 16.4. The molecule has 11 nitrogen and oxygen atoms in total. The summed E-state index contributed by atoms with van der Waals surface area (Å²) in [7, 11) is 0. The van der Waals surface area contributed by atoms with Crippen LogP contribution in [0.15, 0.2) is 14.6 Å². The molecule has 0 saturated heterocycles. The van der Waals surface area contributed by atoms with Gasteiger partial charge in [0.2, 0.25) is 0 Å². The van der Waals surface area contributed by atoms with Gasteiger partial charge < -0.3 is 25.7 Å². The lowest BCUT2D eigenvalue weighted by Gasteiger charge is -2.22. The minimum absolute atomic E-state index is 0.180. The number of hydrogen-bond acceptors (Lipinski definition) is 9. The van der Waals surface area contributed by atoms with Gasteiger partial charge in [0.25, 0.3) is 5.56 Å². The van der Waals surface area contributed by atoms with Gasteiger partial charge in [-0.3, -0.25) is 19.6 Å². The van der Waals surface area contributed by atoms with Crippen molar-refractivity contribution < 1.29 is 25.2 Å². The lowest BCUT2D eigenvalue weighted by atomic mass is 10.1. The fraction of sp³-hybridized carbons (Fsp3) is 0.500. The van der Waals surface area contributed by atoms with E-state index in [9.17, 15) is 29.7 Å². The largest absolute Gasteiger partial charge is 0.394 e. The summed E-state index contributed by atoms with van der Waals surface area (Å²) in [5.74, 6) is -0.607. The number of H-pyrrole nitrogens is 2. The molecule has 0 aliphatic rings. The Labute approximate surface area is 129 Å². The topological polar surface area (TPSA) is 188 Å². The fourth-order valence-electron chi connectivity index (χ4n) is 1.58. The summed E-state index contributed by atoms with van der Waals surface area (Å²) in [5.41, 5.74) is -2.01. The van der Waals surface area contributed by atoms with Crippen molar-refractivity contribution in [2.24, 2.45) is 4.99 Å². The van der Waals surface area contributed by atoms with Gasteiger partial charge in [0, 0.05) is 13.5 Å². The molecule has 23 heavy (non-hydrogen) atoms. The van der Waals surface area contributed by atoms with Crippen LogP contribution in [0.4, 0.5) is 11.5 Å². The number of aliphatic imine (C=N–C) groups is 1. The number of aromatic amines is 2. The molecule has 0 aliphatic heterocycles. The summed E-state index contributed by atoms with van der Waals surface area (Å²) in [6, 6.07) is 0. The average molecular weight is 330 g/mol. The highest BCUT2D eigenvalue weighted by Crippen LogP contribution is 2.14. The third kappa shape index (κ3) is 5.41. The third-order valence-electron chi connectivity index (χ3n) is 2.76. The third-order valence-corrected chi connectivity index (χ3v) is 2.76. The van der Waals surface area contributed by atoms with Crippen LogP contribution in [0.5, 0.6) is 0 Å². The van der Waals surface area contributed by atoms with E-state index in [0.717, 1.165) is 6.21 Å². The number of aliphatic hydroxyl groups excluding tert-OH is 4. The molecular weight excluding hydrogens is 312 g/mol. The number of hydrogen-bond donors (Lipinski definition) is 7. The summed E-state index contributed by atoms with van der Waals surface area (Å²) in [5, 5.41) is 39.6. The Morgan fingerprint density at radius 3 is 2.48 bits per heavy atom. The normalized spacial score (nSPS) is 15.3. The van der Waals surface area contributed by atoms with E-state index in [1.165, 1.54) is 6.92 Å². The van der Waals surface area contributed by atoms with Gasteiger partial charge in [-0.1, -0.05) is 0 Å². The van der Waals surface area contributed by atoms with E-state index in [4.69, 9.17) is 5.11 Å². The van der Waals surface area contributed by atoms with E-state index in [-0.39, 0.29) is 18.1 Å². The molecule has 0 saturated carbocycles. The van der Waals surface area contributed by atoms with Crippen LogP contribution in [-0.2, 0) is 4.79 Å². The Morgan fingerprint density at radius 2 is 1.91 bits per heavy atom. The van der Waals surface area contributed by atoms with E-state index < -0.39 is 42.0 Å². The fourth-order valence-corrected chi connectivity index (χ4v) is 1.58.